The van der Waals surface area contributed by atoms with Crippen LogP contribution in [0.1, 0.15) is 6.92 Å². The first-order valence-electron chi connectivity index (χ1n) is 3.69. The quantitative estimate of drug-likeness (QED) is 0.789. The molecule has 1 heterocycles. The van der Waals surface area contributed by atoms with Crippen molar-refractivity contribution in [1.29, 1.82) is 0 Å². The molecule has 5 heteroatoms. The lowest BCUT2D eigenvalue weighted by Gasteiger charge is -1.98. The maximum Gasteiger partial charge on any atom is 0.246 e. The van der Waals surface area contributed by atoms with Gasteiger partial charge in [-0.15, -0.1) is 5.10 Å². The van der Waals surface area contributed by atoms with E-state index in [1.165, 1.54) is 0 Å². The number of aryl methyl sites for hydroxylation is 1. The molecule has 0 radical (unpaired) electrons. The van der Waals surface area contributed by atoms with Crippen LogP contribution in [0.3, 0.4) is 0 Å². The van der Waals surface area contributed by atoms with Crippen molar-refractivity contribution in [2.45, 2.75) is 13.5 Å². The monoisotopic (exact) mass is 284 g/mol. The van der Waals surface area contributed by atoms with Gasteiger partial charge in [0.15, 0.2) is 0 Å². The highest BCUT2D eigenvalue weighted by Crippen LogP contribution is 2.17. The van der Waals surface area contributed by atoms with Crippen LogP contribution in [0.4, 0.5) is 4.39 Å². The van der Waals surface area contributed by atoms with Crippen molar-refractivity contribution in [3.05, 3.63) is 9.77 Å². The third-order valence-corrected chi connectivity index (χ3v) is 2.07. The third kappa shape index (κ3) is 2.33. The minimum absolute atomic E-state index is 0.0801. The maximum absolute atomic E-state index is 11.7. The van der Waals surface area contributed by atoms with E-state index in [1.54, 1.807) is 4.68 Å². The molecular formula is C7H10FIN2O. The van der Waals surface area contributed by atoms with Crippen LogP contribution in [0.15, 0.2) is 6.20 Å². The Kier molecular flexibility index (Phi) is 3.77. The van der Waals surface area contributed by atoms with Gasteiger partial charge in [-0.2, -0.15) is 0 Å². The summed E-state index contributed by atoms with van der Waals surface area (Å²) in [4.78, 5) is 0. The summed E-state index contributed by atoms with van der Waals surface area (Å²) in [5.74, 6) is 0.523. The van der Waals surface area contributed by atoms with Gasteiger partial charge in [-0.05, 0) is 29.5 Å². The van der Waals surface area contributed by atoms with E-state index < -0.39 is 6.67 Å². The molecule has 0 aliphatic carbocycles. The molecule has 0 aromatic carbocycles. The predicted molar refractivity (Wildman–Crippen MR) is 52.1 cm³/mol. The van der Waals surface area contributed by atoms with Gasteiger partial charge in [0.1, 0.15) is 13.3 Å². The van der Waals surface area contributed by atoms with Crippen LogP contribution in [-0.2, 0) is 6.54 Å². The summed E-state index contributed by atoms with van der Waals surface area (Å²) in [6, 6.07) is 0. The molecule has 0 atom stereocenters. The predicted octanol–water partition coefficient (Wildman–Crippen LogP) is 1.86. The Bertz CT molecular complexity index is 252. The summed E-state index contributed by atoms with van der Waals surface area (Å²) in [7, 11) is 0. The van der Waals surface area contributed by atoms with Crippen LogP contribution in [0, 0.1) is 3.57 Å². The fraction of sp³-hybridized carbons (Fsp3) is 0.571. The van der Waals surface area contributed by atoms with Crippen LogP contribution in [0.5, 0.6) is 5.88 Å². The zero-order valence-electron chi connectivity index (χ0n) is 6.76. The highest BCUT2D eigenvalue weighted by atomic mass is 127. The number of nitrogens with zero attached hydrogens (tertiary/aromatic N) is 2. The molecule has 0 unspecified atom stereocenters. The van der Waals surface area contributed by atoms with Crippen molar-refractivity contribution < 1.29 is 9.13 Å². The van der Waals surface area contributed by atoms with Gasteiger partial charge in [-0.25, -0.2) is 4.39 Å². The summed E-state index contributed by atoms with van der Waals surface area (Å²) in [6.07, 6.45) is 1.87. The van der Waals surface area contributed by atoms with Crippen molar-refractivity contribution in [3.63, 3.8) is 0 Å². The largest absolute Gasteiger partial charge is 0.473 e. The first kappa shape index (κ1) is 9.76. The van der Waals surface area contributed by atoms with E-state index >= 15 is 0 Å². The first-order valence-corrected chi connectivity index (χ1v) is 4.77. The molecule has 0 bridgehead atoms. The number of alkyl halides is 1. The summed E-state index contributed by atoms with van der Waals surface area (Å²) >= 11 is 2.11. The second-order valence-electron chi connectivity index (χ2n) is 2.18. The topological polar surface area (TPSA) is 27.1 Å². The van der Waals surface area contributed by atoms with Gasteiger partial charge in [-0.3, -0.25) is 4.68 Å². The number of hydrogen-bond donors (Lipinski definition) is 0. The van der Waals surface area contributed by atoms with Crippen LogP contribution < -0.4 is 4.74 Å². The lowest BCUT2D eigenvalue weighted by atomic mass is 10.7. The Morgan fingerprint density at radius 2 is 2.50 bits per heavy atom. The molecule has 12 heavy (non-hydrogen) atoms. The summed E-state index contributed by atoms with van der Waals surface area (Å²) in [5, 5.41) is 4.09. The Balaban J connectivity index is 2.64. The van der Waals surface area contributed by atoms with Crippen LogP contribution in [-0.4, -0.2) is 23.1 Å². The fourth-order valence-electron chi connectivity index (χ4n) is 0.774. The van der Waals surface area contributed by atoms with E-state index in [-0.39, 0.29) is 6.61 Å². The molecule has 0 saturated carbocycles. The van der Waals surface area contributed by atoms with E-state index in [0.717, 1.165) is 10.1 Å². The molecule has 0 spiro atoms. The van der Waals surface area contributed by atoms with Gasteiger partial charge in [0, 0.05) is 12.7 Å². The second kappa shape index (κ2) is 4.64. The van der Waals surface area contributed by atoms with E-state index in [9.17, 15) is 4.39 Å². The van der Waals surface area contributed by atoms with Gasteiger partial charge in [0.25, 0.3) is 0 Å². The first-order chi connectivity index (χ1) is 5.77. The smallest absolute Gasteiger partial charge is 0.246 e. The number of rotatable bonds is 4. The molecule has 68 valence electrons. The van der Waals surface area contributed by atoms with Crippen molar-refractivity contribution in [1.82, 2.24) is 9.78 Å². The average molecular weight is 284 g/mol. The summed E-state index contributed by atoms with van der Waals surface area (Å²) < 4.78 is 19.5. The van der Waals surface area contributed by atoms with Crippen molar-refractivity contribution in [2.24, 2.45) is 0 Å². The van der Waals surface area contributed by atoms with Crippen molar-refractivity contribution in [3.8, 4) is 5.88 Å². The molecule has 1 rings (SSSR count). The minimum atomic E-state index is -0.477. The maximum atomic E-state index is 11.7. The molecule has 0 fully saturated rings. The Morgan fingerprint density at radius 3 is 3.00 bits per heavy atom. The van der Waals surface area contributed by atoms with Gasteiger partial charge in [-0.1, -0.05) is 0 Å². The zero-order valence-corrected chi connectivity index (χ0v) is 8.91. The fourth-order valence-corrected chi connectivity index (χ4v) is 1.36. The van der Waals surface area contributed by atoms with Gasteiger partial charge < -0.3 is 4.74 Å². The minimum Gasteiger partial charge on any atom is -0.473 e. The van der Waals surface area contributed by atoms with E-state index in [1.807, 2.05) is 13.1 Å². The van der Waals surface area contributed by atoms with Crippen LogP contribution in [0.2, 0.25) is 0 Å². The normalized spacial score (nSPS) is 10.2. The third-order valence-electron chi connectivity index (χ3n) is 1.33. The highest BCUT2D eigenvalue weighted by Gasteiger charge is 2.05. The van der Waals surface area contributed by atoms with Crippen molar-refractivity contribution >= 4 is 22.6 Å². The molecule has 0 saturated heterocycles. The zero-order chi connectivity index (χ0) is 8.97. The average Bonchev–Trinajstić information content (AvgIpc) is 2.43. The number of ether oxygens (including phenoxy) is 1. The summed E-state index contributed by atoms with van der Waals surface area (Å²) in [5.41, 5.74) is 0. The molecular weight excluding hydrogens is 274 g/mol. The van der Waals surface area contributed by atoms with E-state index in [2.05, 4.69) is 27.7 Å². The highest BCUT2D eigenvalue weighted by molar-refractivity contribution is 14.1. The molecule has 1 aromatic rings. The van der Waals surface area contributed by atoms with Crippen LogP contribution >= 0.6 is 22.6 Å². The number of aromatic nitrogens is 2. The Morgan fingerprint density at radius 1 is 1.75 bits per heavy atom. The number of halogens is 2. The SMILES string of the molecule is CCn1cc(I)c(OCCF)n1. The number of hydrogen-bond acceptors (Lipinski definition) is 2. The van der Waals surface area contributed by atoms with E-state index in [0.29, 0.717) is 5.88 Å². The summed E-state index contributed by atoms with van der Waals surface area (Å²) in [6.45, 7) is 2.39. The van der Waals surface area contributed by atoms with Gasteiger partial charge in [0.05, 0.1) is 3.57 Å². The Hall–Kier alpha value is -0.330. The van der Waals surface area contributed by atoms with Gasteiger partial charge in [0.2, 0.25) is 5.88 Å². The standard InChI is InChI=1S/C7H10FIN2O/c1-2-11-5-6(9)7(10-11)12-4-3-8/h5H,2-4H2,1H3. The van der Waals surface area contributed by atoms with Crippen molar-refractivity contribution in [2.75, 3.05) is 13.3 Å². The molecule has 0 amide bonds. The van der Waals surface area contributed by atoms with E-state index in [4.69, 9.17) is 4.74 Å². The Labute approximate surface area is 84.0 Å². The molecule has 1 aromatic heterocycles. The molecule has 3 nitrogen and oxygen atoms in total. The molecule has 0 N–H and O–H groups in total. The second-order valence-corrected chi connectivity index (χ2v) is 3.34. The lowest BCUT2D eigenvalue weighted by Crippen LogP contribution is -2.01. The molecule has 0 aliphatic rings. The lowest BCUT2D eigenvalue weighted by molar-refractivity contribution is 0.260. The molecule has 0 aliphatic heterocycles. The van der Waals surface area contributed by atoms with Crippen LogP contribution in [0.25, 0.3) is 0 Å². The van der Waals surface area contributed by atoms with Gasteiger partial charge >= 0.3 is 0 Å².